The van der Waals surface area contributed by atoms with E-state index in [1.54, 1.807) is 5.25 Å². The van der Waals surface area contributed by atoms with Gasteiger partial charge in [-0.25, -0.2) is 0 Å². The first kappa shape index (κ1) is 9.54. The van der Waals surface area contributed by atoms with Crippen LogP contribution >= 0.6 is 0 Å². The van der Waals surface area contributed by atoms with Crippen molar-refractivity contribution < 1.29 is 0 Å². The van der Waals surface area contributed by atoms with Crippen molar-refractivity contribution in [1.82, 2.24) is 0 Å². The molecule has 0 aliphatic carbocycles. The van der Waals surface area contributed by atoms with E-state index >= 15 is 0 Å². The van der Waals surface area contributed by atoms with Gasteiger partial charge in [0, 0.05) is 0 Å². The molecule has 9 heavy (non-hydrogen) atoms. The molecule has 0 aromatic rings. The third kappa shape index (κ3) is 8.54. The Morgan fingerprint density at radius 1 is 0.889 bits per heavy atom. The van der Waals surface area contributed by atoms with E-state index in [2.05, 4.69) is 6.92 Å². The summed E-state index contributed by atoms with van der Waals surface area (Å²) in [6, 6.07) is 0. The summed E-state index contributed by atoms with van der Waals surface area (Å²) < 4.78 is 0. The summed E-state index contributed by atoms with van der Waals surface area (Å²) in [6.07, 6.45) is 8.81. The van der Waals surface area contributed by atoms with Crippen LogP contribution in [0.5, 0.6) is 0 Å². The van der Waals surface area contributed by atoms with Crippen molar-refractivity contribution >= 4 is 16.5 Å². The van der Waals surface area contributed by atoms with E-state index in [1.165, 1.54) is 38.5 Å². The number of hydrogen-bond donors (Lipinski definition) is 0. The monoisotopic (exact) mass is 190 g/mol. The summed E-state index contributed by atoms with van der Waals surface area (Å²) in [5.41, 5.74) is 0. The van der Waals surface area contributed by atoms with Crippen LogP contribution in [0.1, 0.15) is 45.4 Å². The average molecular weight is 189 g/mol. The Morgan fingerprint density at radius 2 is 1.44 bits per heavy atom. The molecule has 0 bridgehead atoms. The standard InChI is InChI=1S/C8H20Ge/c1-2-3-4-5-6-7-8-9/h2-8H2,1,9H3. The quantitative estimate of drug-likeness (QED) is 0.443. The van der Waals surface area contributed by atoms with Crippen LogP contribution in [0.4, 0.5) is 0 Å². The van der Waals surface area contributed by atoms with Crippen molar-refractivity contribution in [3.63, 3.8) is 0 Å². The van der Waals surface area contributed by atoms with Gasteiger partial charge in [-0.2, -0.15) is 0 Å². The van der Waals surface area contributed by atoms with Crippen LogP contribution in [-0.4, -0.2) is 16.5 Å². The first-order chi connectivity index (χ1) is 4.41. The molecule has 0 radical (unpaired) electrons. The molecule has 0 saturated heterocycles. The molecule has 0 fully saturated rings. The van der Waals surface area contributed by atoms with Gasteiger partial charge in [-0.15, -0.1) is 0 Å². The Hall–Kier alpha value is 0.543. The van der Waals surface area contributed by atoms with Gasteiger partial charge < -0.3 is 0 Å². The van der Waals surface area contributed by atoms with E-state index in [9.17, 15) is 0 Å². The minimum atomic E-state index is 1.11. The summed E-state index contributed by atoms with van der Waals surface area (Å²) in [7, 11) is 0. The zero-order valence-corrected chi connectivity index (χ0v) is 11.1. The van der Waals surface area contributed by atoms with Crippen LogP contribution < -0.4 is 0 Å². The molecule has 0 nitrogen and oxygen atoms in total. The SMILES string of the molecule is CCCCCCC[CH2][GeH3]. The molecule has 0 rings (SSSR count). The van der Waals surface area contributed by atoms with Crippen LogP contribution in [-0.2, 0) is 0 Å². The second-order valence-corrected chi connectivity index (χ2v) is 4.87. The van der Waals surface area contributed by atoms with E-state index in [1.807, 2.05) is 0 Å². The number of rotatable bonds is 6. The molecule has 0 aromatic carbocycles. The van der Waals surface area contributed by atoms with Crippen molar-refractivity contribution in [2.75, 3.05) is 0 Å². The molecule has 0 saturated carbocycles. The van der Waals surface area contributed by atoms with Crippen molar-refractivity contribution in [2.45, 2.75) is 50.7 Å². The predicted molar refractivity (Wildman–Crippen MR) is 48.1 cm³/mol. The molecule has 56 valence electrons. The van der Waals surface area contributed by atoms with Crippen LogP contribution in [0.3, 0.4) is 0 Å². The van der Waals surface area contributed by atoms with Crippen LogP contribution in [0.2, 0.25) is 5.25 Å². The number of hydrogen-bond acceptors (Lipinski definition) is 0. The molecule has 0 amide bonds. The molecule has 0 atom stereocenters. The Balaban J connectivity index is 2.60. The van der Waals surface area contributed by atoms with Crippen molar-refractivity contribution in [2.24, 2.45) is 0 Å². The second kappa shape index (κ2) is 8.54. The molecule has 0 aliphatic rings. The summed E-state index contributed by atoms with van der Waals surface area (Å²) in [4.78, 5) is 0. The van der Waals surface area contributed by atoms with Gasteiger partial charge >= 0.3 is 67.2 Å². The minimum absolute atomic E-state index is 1.11. The fraction of sp³-hybridized carbons (Fsp3) is 1.00. The average Bonchev–Trinajstić information content (AvgIpc) is 1.89. The van der Waals surface area contributed by atoms with Crippen molar-refractivity contribution in [1.29, 1.82) is 0 Å². The molecular weight excluding hydrogens is 169 g/mol. The first-order valence-corrected chi connectivity index (χ1v) is 7.38. The fourth-order valence-electron chi connectivity index (χ4n) is 1.03. The summed E-state index contributed by atoms with van der Waals surface area (Å²) in [5, 5.41) is 1.55. The summed E-state index contributed by atoms with van der Waals surface area (Å²) in [5.74, 6) is 0. The molecular formula is C8H20Ge. The van der Waals surface area contributed by atoms with Gasteiger partial charge in [0.1, 0.15) is 0 Å². The zero-order valence-electron chi connectivity index (χ0n) is 6.95. The van der Waals surface area contributed by atoms with Crippen LogP contribution in [0.25, 0.3) is 0 Å². The van der Waals surface area contributed by atoms with Gasteiger partial charge in [-0.1, -0.05) is 0 Å². The molecule has 0 spiro atoms. The second-order valence-electron chi connectivity index (χ2n) is 2.77. The molecule has 0 aliphatic heterocycles. The van der Waals surface area contributed by atoms with Gasteiger partial charge in [0.15, 0.2) is 0 Å². The van der Waals surface area contributed by atoms with Gasteiger partial charge in [0.05, 0.1) is 0 Å². The van der Waals surface area contributed by atoms with Gasteiger partial charge in [0.25, 0.3) is 0 Å². The Bertz CT molecular complexity index is 37.8. The Kier molecular flexibility index (Phi) is 9.06. The maximum absolute atomic E-state index is 2.27. The van der Waals surface area contributed by atoms with E-state index in [0.29, 0.717) is 0 Å². The first-order valence-electron chi connectivity index (χ1n) is 4.41. The normalized spacial score (nSPS) is 10.3. The molecule has 0 aromatic heterocycles. The van der Waals surface area contributed by atoms with Crippen LogP contribution in [0, 0.1) is 0 Å². The molecule has 0 heterocycles. The van der Waals surface area contributed by atoms with Gasteiger partial charge in [-0.3, -0.25) is 0 Å². The fourth-order valence-corrected chi connectivity index (χ4v) is 2.08. The predicted octanol–water partition coefficient (Wildman–Crippen LogP) is 2.13. The van der Waals surface area contributed by atoms with E-state index in [4.69, 9.17) is 0 Å². The van der Waals surface area contributed by atoms with Crippen LogP contribution in [0.15, 0.2) is 0 Å². The van der Waals surface area contributed by atoms with Gasteiger partial charge in [0.2, 0.25) is 0 Å². The summed E-state index contributed by atoms with van der Waals surface area (Å²) >= 11 is 1.11. The maximum atomic E-state index is 2.27. The molecule has 1 heteroatoms. The molecule has 0 N–H and O–H groups in total. The van der Waals surface area contributed by atoms with Crippen molar-refractivity contribution in [3.05, 3.63) is 0 Å². The van der Waals surface area contributed by atoms with E-state index in [0.717, 1.165) is 16.5 Å². The topological polar surface area (TPSA) is 0 Å². The van der Waals surface area contributed by atoms with Gasteiger partial charge in [-0.05, 0) is 0 Å². The Labute approximate surface area is 67.6 Å². The third-order valence-electron chi connectivity index (χ3n) is 1.71. The van der Waals surface area contributed by atoms with Crippen molar-refractivity contribution in [3.8, 4) is 0 Å². The molecule has 0 unspecified atom stereocenters. The summed E-state index contributed by atoms with van der Waals surface area (Å²) in [6.45, 7) is 2.27. The third-order valence-corrected chi connectivity index (χ3v) is 3.19. The van der Waals surface area contributed by atoms with E-state index in [-0.39, 0.29) is 0 Å². The number of unbranched alkanes of at least 4 members (excludes halogenated alkanes) is 5. The van der Waals surface area contributed by atoms with E-state index < -0.39 is 0 Å². The Morgan fingerprint density at radius 3 is 2.00 bits per heavy atom. The zero-order chi connectivity index (χ0) is 6.95.